The maximum Gasteiger partial charge on any atom is 0.198 e. The highest BCUT2D eigenvalue weighted by atomic mass is 35.5. The van der Waals surface area contributed by atoms with E-state index in [1.54, 1.807) is 0 Å². The van der Waals surface area contributed by atoms with Crippen LogP contribution in [0.5, 0.6) is 0 Å². The Labute approximate surface area is 123 Å². The van der Waals surface area contributed by atoms with E-state index in [1.165, 1.54) is 28.3 Å². The predicted octanol–water partition coefficient (Wildman–Crippen LogP) is -2.46. The van der Waals surface area contributed by atoms with Crippen LogP contribution in [0.4, 0.5) is 0 Å². The van der Waals surface area contributed by atoms with Gasteiger partial charge in [-0.15, -0.1) is 0 Å². The Kier molecular flexibility index (Phi) is 3.31. The number of hydrogen-bond acceptors (Lipinski definition) is 3. The Morgan fingerprint density at radius 1 is 1.40 bits per heavy atom. The SMILES string of the molecule is Cn1ncc2c1CCCC2C1=C2C=NC=C[NH+]2C=N1.[Cl-]. The number of aryl methyl sites for hydroxylation is 1. The molecule has 0 amide bonds. The van der Waals surface area contributed by atoms with Gasteiger partial charge in [0.1, 0.15) is 11.9 Å². The molecule has 104 valence electrons. The van der Waals surface area contributed by atoms with Crippen LogP contribution in [0.3, 0.4) is 0 Å². The minimum Gasteiger partial charge on any atom is -1.00 e. The maximum atomic E-state index is 4.65. The molecule has 1 aliphatic carbocycles. The molecule has 6 heteroatoms. The monoisotopic (exact) mass is 289 g/mol. The number of rotatable bonds is 1. The number of nitrogens with zero attached hydrogens (tertiary/aromatic N) is 4. The molecule has 3 aliphatic rings. The van der Waals surface area contributed by atoms with Crippen molar-refractivity contribution >= 4 is 12.6 Å². The van der Waals surface area contributed by atoms with Crippen molar-refractivity contribution in [1.29, 1.82) is 0 Å². The van der Waals surface area contributed by atoms with Crippen molar-refractivity contribution in [3.05, 3.63) is 41.2 Å². The van der Waals surface area contributed by atoms with Gasteiger partial charge >= 0.3 is 0 Å². The van der Waals surface area contributed by atoms with Gasteiger partial charge in [0.15, 0.2) is 12.0 Å². The fraction of sp³-hybridized carbons (Fsp3) is 0.357. The zero-order valence-corrected chi connectivity index (χ0v) is 12.0. The Morgan fingerprint density at radius 3 is 3.20 bits per heavy atom. The number of quaternary nitrogens is 1. The molecule has 0 radical (unpaired) electrons. The summed E-state index contributed by atoms with van der Waals surface area (Å²) >= 11 is 0. The van der Waals surface area contributed by atoms with Crippen LogP contribution < -0.4 is 17.3 Å². The average Bonchev–Trinajstić information content (AvgIpc) is 3.03. The van der Waals surface area contributed by atoms with E-state index in [9.17, 15) is 0 Å². The third-order valence-electron chi connectivity index (χ3n) is 4.18. The number of nitrogens with one attached hydrogen (secondary N) is 1. The van der Waals surface area contributed by atoms with Crippen LogP contribution in [0, 0.1) is 0 Å². The number of aromatic nitrogens is 2. The first-order valence-electron chi connectivity index (χ1n) is 6.70. The Hall–Kier alpha value is -1.72. The van der Waals surface area contributed by atoms with Crippen LogP contribution >= 0.6 is 0 Å². The van der Waals surface area contributed by atoms with Gasteiger partial charge in [-0.05, 0) is 19.3 Å². The van der Waals surface area contributed by atoms with Crippen LogP contribution in [0.2, 0.25) is 0 Å². The molecule has 2 aliphatic heterocycles. The molecule has 5 nitrogen and oxygen atoms in total. The number of hydrogen-bond donors (Lipinski definition) is 1. The van der Waals surface area contributed by atoms with Crippen molar-refractivity contribution in [1.82, 2.24) is 9.78 Å². The Morgan fingerprint density at radius 2 is 2.30 bits per heavy atom. The van der Waals surface area contributed by atoms with E-state index < -0.39 is 0 Å². The van der Waals surface area contributed by atoms with Gasteiger partial charge in [-0.2, -0.15) is 5.10 Å². The van der Waals surface area contributed by atoms with E-state index in [2.05, 4.69) is 15.1 Å². The second-order valence-corrected chi connectivity index (χ2v) is 5.22. The van der Waals surface area contributed by atoms with Gasteiger partial charge in [-0.1, -0.05) is 0 Å². The quantitative estimate of drug-likeness (QED) is 0.612. The van der Waals surface area contributed by atoms with Gasteiger partial charge in [0.2, 0.25) is 0 Å². The van der Waals surface area contributed by atoms with Gasteiger partial charge in [0.25, 0.3) is 0 Å². The third-order valence-corrected chi connectivity index (χ3v) is 4.18. The summed E-state index contributed by atoms with van der Waals surface area (Å²) in [7, 11) is 2.03. The van der Waals surface area contributed by atoms with E-state index in [0.29, 0.717) is 5.92 Å². The molecular weight excluding hydrogens is 274 g/mol. The lowest BCUT2D eigenvalue weighted by molar-refractivity contribution is -0.682. The van der Waals surface area contributed by atoms with E-state index in [4.69, 9.17) is 0 Å². The van der Waals surface area contributed by atoms with Crippen LogP contribution in [-0.4, -0.2) is 22.3 Å². The zero-order valence-electron chi connectivity index (χ0n) is 11.3. The van der Waals surface area contributed by atoms with Crippen molar-refractivity contribution in [2.75, 3.05) is 0 Å². The van der Waals surface area contributed by atoms with E-state index in [1.807, 2.05) is 42.9 Å². The van der Waals surface area contributed by atoms with Gasteiger partial charge in [0, 0.05) is 24.2 Å². The minimum atomic E-state index is 0. The second-order valence-electron chi connectivity index (χ2n) is 5.22. The first-order valence-corrected chi connectivity index (χ1v) is 6.70. The largest absolute Gasteiger partial charge is 1.00 e. The summed E-state index contributed by atoms with van der Waals surface area (Å²) in [6.45, 7) is 0. The average molecular weight is 290 g/mol. The van der Waals surface area contributed by atoms with Gasteiger partial charge < -0.3 is 12.4 Å². The van der Waals surface area contributed by atoms with Gasteiger partial charge in [0.05, 0.1) is 18.6 Å². The fourth-order valence-corrected chi connectivity index (χ4v) is 3.21. The second kappa shape index (κ2) is 5.00. The molecular formula is C14H16ClN5. The Bertz CT molecular complexity index is 653. The first kappa shape index (κ1) is 13.3. The molecule has 0 saturated heterocycles. The molecule has 0 fully saturated rings. The molecule has 0 saturated carbocycles. The smallest absolute Gasteiger partial charge is 0.198 e. The molecule has 0 bridgehead atoms. The van der Waals surface area contributed by atoms with Crippen LogP contribution in [0.15, 0.2) is 40.0 Å². The summed E-state index contributed by atoms with van der Waals surface area (Å²) in [4.78, 5) is 10.1. The lowest BCUT2D eigenvalue weighted by Gasteiger charge is -2.22. The molecule has 2 atom stereocenters. The number of allylic oxidation sites excluding steroid dienone is 2. The topological polar surface area (TPSA) is 47.0 Å². The molecule has 2 unspecified atom stereocenters. The van der Waals surface area contributed by atoms with E-state index in [-0.39, 0.29) is 12.4 Å². The summed E-state index contributed by atoms with van der Waals surface area (Å²) in [5, 5.41) is 4.41. The number of halogens is 1. The summed E-state index contributed by atoms with van der Waals surface area (Å²) in [5.74, 6) is 0.374. The van der Waals surface area contributed by atoms with Crippen molar-refractivity contribution in [3.63, 3.8) is 0 Å². The predicted molar refractivity (Wildman–Crippen MR) is 73.0 cm³/mol. The highest BCUT2D eigenvalue weighted by molar-refractivity contribution is 5.82. The maximum absolute atomic E-state index is 4.65. The molecule has 3 heterocycles. The van der Waals surface area contributed by atoms with Crippen molar-refractivity contribution in [3.8, 4) is 0 Å². The molecule has 0 spiro atoms. The number of aliphatic imine (C=N–C) groups is 2. The van der Waals surface area contributed by atoms with Crippen LogP contribution in [-0.2, 0) is 13.5 Å². The zero-order chi connectivity index (χ0) is 12.8. The first-order chi connectivity index (χ1) is 9.34. The molecule has 1 aromatic heterocycles. The molecule has 4 rings (SSSR count). The minimum absolute atomic E-state index is 0. The lowest BCUT2D eigenvalue weighted by atomic mass is 9.84. The third kappa shape index (κ3) is 1.85. The molecule has 1 N–H and O–H groups in total. The van der Waals surface area contributed by atoms with Crippen molar-refractivity contribution < 1.29 is 17.3 Å². The van der Waals surface area contributed by atoms with Gasteiger partial charge in [-0.3, -0.25) is 9.67 Å². The van der Waals surface area contributed by atoms with Crippen molar-refractivity contribution in [2.45, 2.75) is 25.2 Å². The summed E-state index contributed by atoms with van der Waals surface area (Å²) in [5.41, 5.74) is 5.05. The van der Waals surface area contributed by atoms with Crippen LogP contribution in [0.25, 0.3) is 0 Å². The lowest BCUT2D eigenvalue weighted by Crippen LogP contribution is -3.04. The van der Waals surface area contributed by atoms with Crippen molar-refractivity contribution in [2.24, 2.45) is 17.0 Å². The highest BCUT2D eigenvalue weighted by Crippen LogP contribution is 2.38. The molecule has 20 heavy (non-hydrogen) atoms. The fourth-order valence-electron chi connectivity index (χ4n) is 3.21. The summed E-state index contributed by atoms with van der Waals surface area (Å²) in [6.07, 6.45) is 13.2. The standard InChI is InChI=1S/C14H15N5.ClH/c1-18-12-4-2-3-10(11(12)7-17-18)14-13-8-15-5-6-19(13)9-16-14;/h5-10H,2-4H2,1H3;1H. The van der Waals surface area contributed by atoms with Crippen LogP contribution in [0.1, 0.15) is 30.0 Å². The normalized spacial score (nSPS) is 26.4. The van der Waals surface area contributed by atoms with Gasteiger partial charge in [-0.25, -0.2) is 9.89 Å². The summed E-state index contributed by atoms with van der Waals surface area (Å²) in [6, 6.07) is 0. The van der Waals surface area contributed by atoms with E-state index >= 15 is 0 Å². The molecule has 0 aromatic carbocycles. The number of fused-ring (bicyclic) bond motifs is 2. The molecule has 1 aromatic rings. The van der Waals surface area contributed by atoms with E-state index in [0.717, 1.165) is 18.5 Å². The summed E-state index contributed by atoms with van der Waals surface area (Å²) < 4.78 is 2.00. The Balaban J connectivity index is 0.00000121. The highest BCUT2D eigenvalue weighted by Gasteiger charge is 2.34.